The Bertz CT molecular complexity index is 1020. The number of carbonyl (C=O) groups is 1. The molecule has 0 bridgehead atoms. The van der Waals surface area contributed by atoms with Crippen molar-refractivity contribution in [2.24, 2.45) is 0 Å². The van der Waals surface area contributed by atoms with Crippen LogP contribution in [0.5, 0.6) is 11.5 Å². The molecule has 1 N–H and O–H groups in total. The fourth-order valence-electron chi connectivity index (χ4n) is 3.39. The van der Waals surface area contributed by atoms with Gasteiger partial charge in [0, 0.05) is 18.8 Å². The van der Waals surface area contributed by atoms with Crippen LogP contribution in [-0.4, -0.2) is 44.4 Å². The minimum absolute atomic E-state index is 0.00924. The van der Waals surface area contributed by atoms with E-state index in [2.05, 4.69) is 5.32 Å². The minimum Gasteiger partial charge on any atom is -0.485 e. The molecular weight excluding hydrogens is 416 g/mol. The van der Waals surface area contributed by atoms with Gasteiger partial charge in [-0.2, -0.15) is 4.31 Å². The van der Waals surface area contributed by atoms with E-state index in [-0.39, 0.29) is 16.5 Å². The Labute approximate surface area is 174 Å². The number of piperidine rings is 1. The highest BCUT2D eigenvalue weighted by Crippen LogP contribution is 2.32. The van der Waals surface area contributed by atoms with E-state index in [1.54, 1.807) is 24.3 Å². The van der Waals surface area contributed by atoms with Crippen LogP contribution in [-0.2, 0) is 14.8 Å². The summed E-state index contributed by atoms with van der Waals surface area (Å²) in [6.45, 7) is 1.01. The van der Waals surface area contributed by atoms with Crippen molar-refractivity contribution in [3.8, 4) is 11.5 Å². The van der Waals surface area contributed by atoms with E-state index in [0.29, 0.717) is 30.3 Å². The van der Waals surface area contributed by atoms with E-state index in [1.165, 1.54) is 16.4 Å². The zero-order valence-corrected chi connectivity index (χ0v) is 17.2. The van der Waals surface area contributed by atoms with Gasteiger partial charge in [-0.25, -0.2) is 8.42 Å². The van der Waals surface area contributed by atoms with Crippen LogP contribution < -0.4 is 14.8 Å². The Morgan fingerprint density at radius 2 is 1.79 bits per heavy atom. The first-order valence-corrected chi connectivity index (χ1v) is 11.3. The van der Waals surface area contributed by atoms with Gasteiger partial charge in [-0.1, -0.05) is 30.2 Å². The molecule has 2 aliphatic rings. The molecule has 1 saturated heterocycles. The first-order valence-electron chi connectivity index (χ1n) is 9.44. The lowest BCUT2D eigenvalue weighted by atomic mass is 10.2. The Morgan fingerprint density at radius 1 is 1.07 bits per heavy atom. The molecule has 0 aromatic heterocycles. The maximum absolute atomic E-state index is 13.0. The molecule has 2 aromatic carbocycles. The third-order valence-corrected chi connectivity index (χ3v) is 7.31. The van der Waals surface area contributed by atoms with E-state index >= 15 is 0 Å². The van der Waals surface area contributed by atoms with Crippen LogP contribution in [0.3, 0.4) is 0 Å². The molecule has 1 atom stereocenters. The predicted octanol–water partition coefficient (Wildman–Crippen LogP) is 3.29. The van der Waals surface area contributed by atoms with Crippen molar-refractivity contribution in [2.75, 3.05) is 25.0 Å². The maximum atomic E-state index is 13.0. The lowest BCUT2D eigenvalue weighted by Crippen LogP contribution is -2.40. The van der Waals surface area contributed by atoms with Crippen molar-refractivity contribution < 1.29 is 22.7 Å². The number of fused-ring (bicyclic) bond motifs is 1. The van der Waals surface area contributed by atoms with Gasteiger partial charge in [0.2, 0.25) is 16.1 Å². The molecule has 154 valence electrons. The number of hydrogen-bond acceptors (Lipinski definition) is 5. The number of ether oxygens (including phenoxy) is 2. The number of nitrogens with one attached hydrogen (secondary N) is 1. The third-order valence-electron chi connectivity index (χ3n) is 4.93. The Hall–Kier alpha value is -2.29. The summed E-state index contributed by atoms with van der Waals surface area (Å²) in [5.41, 5.74) is 0.331. The number of nitrogens with zero attached hydrogens (tertiary/aromatic N) is 1. The second kappa shape index (κ2) is 8.22. The lowest BCUT2D eigenvalue weighted by molar-refractivity contribution is -0.125. The van der Waals surface area contributed by atoms with Crippen LogP contribution >= 0.6 is 11.6 Å². The third kappa shape index (κ3) is 4.19. The van der Waals surface area contributed by atoms with Crippen molar-refractivity contribution in [1.82, 2.24) is 4.31 Å². The quantitative estimate of drug-likeness (QED) is 0.794. The van der Waals surface area contributed by atoms with E-state index in [9.17, 15) is 13.2 Å². The molecule has 0 aliphatic carbocycles. The molecule has 9 heteroatoms. The van der Waals surface area contributed by atoms with Crippen LogP contribution in [0.2, 0.25) is 5.02 Å². The van der Waals surface area contributed by atoms with Gasteiger partial charge in [0.05, 0.1) is 5.02 Å². The maximum Gasteiger partial charge on any atom is 0.269 e. The first-order chi connectivity index (χ1) is 13.9. The summed E-state index contributed by atoms with van der Waals surface area (Å²) in [6, 6.07) is 11.5. The first kappa shape index (κ1) is 20.0. The van der Waals surface area contributed by atoms with Gasteiger partial charge in [-0.3, -0.25) is 4.79 Å². The minimum atomic E-state index is -3.72. The lowest BCUT2D eigenvalue weighted by Gasteiger charge is -2.27. The highest BCUT2D eigenvalue weighted by atomic mass is 35.5. The van der Waals surface area contributed by atoms with E-state index in [4.69, 9.17) is 21.1 Å². The Balaban J connectivity index is 1.51. The monoisotopic (exact) mass is 436 g/mol. The normalized spacial score (nSPS) is 19.6. The average Bonchev–Trinajstić information content (AvgIpc) is 2.75. The molecular formula is C20H21ClN2O5S. The summed E-state index contributed by atoms with van der Waals surface area (Å²) in [5.74, 6) is 0.643. The molecule has 2 aromatic rings. The molecule has 2 aliphatic heterocycles. The highest BCUT2D eigenvalue weighted by molar-refractivity contribution is 7.89. The number of para-hydroxylation sites is 2. The fourth-order valence-corrected chi connectivity index (χ4v) is 5.41. The van der Waals surface area contributed by atoms with Crippen LogP contribution in [0.25, 0.3) is 0 Å². The summed E-state index contributed by atoms with van der Waals surface area (Å²) in [5, 5.41) is 2.82. The smallest absolute Gasteiger partial charge is 0.269 e. The number of benzene rings is 2. The zero-order valence-electron chi connectivity index (χ0n) is 15.6. The van der Waals surface area contributed by atoms with E-state index < -0.39 is 22.0 Å². The zero-order chi connectivity index (χ0) is 20.4. The van der Waals surface area contributed by atoms with E-state index in [1.807, 2.05) is 6.07 Å². The summed E-state index contributed by atoms with van der Waals surface area (Å²) in [4.78, 5) is 12.6. The number of amides is 1. The number of carbonyl (C=O) groups excluding carboxylic acids is 1. The molecule has 29 heavy (non-hydrogen) atoms. The molecule has 0 radical (unpaired) electrons. The Morgan fingerprint density at radius 3 is 2.55 bits per heavy atom. The molecule has 4 rings (SSSR count). The summed E-state index contributed by atoms with van der Waals surface area (Å²) in [6.07, 6.45) is 1.83. The van der Waals surface area contributed by atoms with Gasteiger partial charge >= 0.3 is 0 Å². The molecule has 0 spiro atoms. The number of anilines is 1. The van der Waals surface area contributed by atoms with Gasteiger partial charge in [-0.05, 0) is 43.2 Å². The molecule has 0 unspecified atom stereocenters. The van der Waals surface area contributed by atoms with E-state index in [0.717, 1.165) is 19.3 Å². The van der Waals surface area contributed by atoms with Gasteiger partial charge in [0.25, 0.3) is 5.91 Å². The number of sulfonamides is 1. The van der Waals surface area contributed by atoms with Crippen molar-refractivity contribution >= 4 is 33.2 Å². The van der Waals surface area contributed by atoms with Crippen molar-refractivity contribution in [1.29, 1.82) is 0 Å². The predicted molar refractivity (Wildman–Crippen MR) is 109 cm³/mol. The molecule has 1 fully saturated rings. The van der Waals surface area contributed by atoms with Crippen LogP contribution in [0.15, 0.2) is 47.4 Å². The van der Waals surface area contributed by atoms with Crippen molar-refractivity contribution in [2.45, 2.75) is 30.3 Å². The topological polar surface area (TPSA) is 84.9 Å². The van der Waals surface area contributed by atoms with Crippen molar-refractivity contribution in [3.63, 3.8) is 0 Å². The summed E-state index contributed by atoms with van der Waals surface area (Å²) < 4.78 is 38.6. The van der Waals surface area contributed by atoms with Gasteiger partial charge in [-0.15, -0.1) is 0 Å². The molecule has 0 saturated carbocycles. The van der Waals surface area contributed by atoms with Crippen LogP contribution in [0.4, 0.5) is 5.69 Å². The van der Waals surface area contributed by atoms with Crippen LogP contribution in [0, 0.1) is 0 Å². The van der Waals surface area contributed by atoms with Crippen LogP contribution in [0.1, 0.15) is 19.3 Å². The summed E-state index contributed by atoms with van der Waals surface area (Å²) >= 11 is 6.18. The number of rotatable bonds is 4. The SMILES string of the molecule is O=C(Nc1ccc(Cl)c(S(=O)(=O)N2CCCCC2)c1)[C@H]1COc2ccccc2O1. The molecule has 7 nitrogen and oxygen atoms in total. The van der Waals surface area contributed by atoms with Gasteiger partial charge < -0.3 is 14.8 Å². The number of halogens is 1. The second-order valence-corrected chi connectivity index (χ2v) is 9.28. The largest absolute Gasteiger partial charge is 0.485 e. The highest BCUT2D eigenvalue weighted by Gasteiger charge is 2.30. The standard InChI is InChI=1S/C20H21ClN2O5S/c21-15-9-8-14(12-19(15)29(25,26)23-10-4-1-5-11-23)22-20(24)18-13-27-16-6-2-3-7-17(16)28-18/h2-3,6-9,12,18H,1,4-5,10-11,13H2,(H,22,24)/t18-/m1/s1. The van der Waals surface area contributed by atoms with Gasteiger partial charge in [0.15, 0.2) is 11.5 Å². The molecule has 1 amide bonds. The fraction of sp³-hybridized carbons (Fsp3) is 0.350. The molecule has 2 heterocycles. The average molecular weight is 437 g/mol. The van der Waals surface area contributed by atoms with Gasteiger partial charge in [0.1, 0.15) is 11.5 Å². The number of hydrogen-bond donors (Lipinski definition) is 1. The van der Waals surface area contributed by atoms with Crippen molar-refractivity contribution in [3.05, 3.63) is 47.5 Å². The summed E-state index contributed by atoms with van der Waals surface area (Å²) in [7, 11) is -3.72. The second-order valence-electron chi connectivity index (χ2n) is 6.96. The Kier molecular flexibility index (Phi) is 5.67.